The van der Waals surface area contributed by atoms with E-state index < -0.39 is 0 Å². The van der Waals surface area contributed by atoms with Crippen molar-refractivity contribution < 1.29 is 4.79 Å². The molecule has 3 atom stereocenters. The van der Waals surface area contributed by atoms with Gasteiger partial charge in [-0.05, 0) is 58.5 Å². The van der Waals surface area contributed by atoms with E-state index in [-0.39, 0.29) is 11.9 Å². The third kappa shape index (κ3) is 6.23. The minimum Gasteiger partial charge on any atom is -0.353 e. The Labute approximate surface area is 124 Å². The molecular formula is C16H33N3O. The Kier molecular flexibility index (Phi) is 8.15. The van der Waals surface area contributed by atoms with Gasteiger partial charge in [0.25, 0.3) is 0 Å². The zero-order valence-corrected chi connectivity index (χ0v) is 13.7. The summed E-state index contributed by atoms with van der Waals surface area (Å²) in [4.78, 5) is 14.3. The average molecular weight is 283 g/mol. The zero-order chi connectivity index (χ0) is 15.0. The van der Waals surface area contributed by atoms with E-state index in [1.165, 1.54) is 19.3 Å². The van der Waals surface area contributed by atoms with Crippen molar-refractivity contribution in [1.29, 1.82) is 0 Å². The van der Waals surface area contributed by atoms with Crippen molar-refractivity contribution >= 4 is 5.91 Å². The van der Waals surface area contributed by atoms with Crippen LogP contribution in [0.25, 0.3) is 0 Å². The third-order valence-electron chi connectivity index (χ3n) is 4.35. The minimum atomic E-state index is 0.175. The van der Waals surface area contributed by atoms with Gasteiger partial charge in [0.05, 0.1) is 6.54 Å². The molecular weight excluding hydrogens is 250 g/mol. The topological polar surface area (TPSA) is 44.4 Å². The van der Waals surface area contributed by atoms with Gasteiger partial charge in [0.2, 0.25) is 5.91 Å². The van der Waals surface area contributed by atoms with Crippen LogP contribution in [0.2, 0.25) is 0 Å². The van der Waals surface area contributed by atoms with Crippen molar-refractivity contribution in [3.8, 4) is 0 Å². The molecule has 0 aromatic heterocycles. The van der Waals surface area contributed by atoms with Crippen molar-refractivity contribution in [3.05, 3.63) is 0 Å². The number of likely N-dealkylation sites (tertiary alicyclic amines) is 1. The van der Waals surface area contributed by atoms with Gasteiger partial charge in [-0.2, -0.15) is 0 Å². The molecule has 1 amide bonds. The van der Waals surface area contributed by atoms with Crippen molar-refractivity contribution in [1.82, 2.24) is 15.5 Å². The maximum absolute atomic E-state index is 12.0. The van der Waals surface area contributed by atoms with E-state index in [1.54, 1.807) is 0 Å². The van der Waals surface area contributed by atoms with Crippen molar-refractivity contribution in [2.45, 2.75) is 65.5 Å². The zero-order valence-electron chi connectivity index (χ0n) is 13.7. The first-order valence-electron chi connectivity index (χ1n) is 8.31. The second kappa shape index (κ2) is 9.35. The van der Waals surface area contributed by atoms with Crippen LogP contribution in [-0.4, -0.2) is 49.1 Å². The molecule has 0 radical (unpaired) electrons. The van der Waals surface area contributed by atoms with Gasteiger partial charge in [0.15, 0.2) is 0 Å². The molecule has 1 heterocycles. The van der Waals surface area contributed by atoms with E-state index in [2.05, 4.69) is 43.2 Å². The van der Waals surface area contributed by atoms with Crippen LogP contribution in [0.4, 0.5) is 0 Å². The van der Waals surface area contributed by atoms with Gasteiger partial charge in [-0.1, -0.05) is 13.8 Å². The Morgan fingerprint density at radius 1 is 1.35 bits per heavy atom. The molecule has 0 saturated carbocycles. The highest BCUT2D eigenvalue weighted by Gasteiger charge is 2.25. The summed E-state index contributed by atoms with van der Waals surface area (Å²) < 4.78 is 0. The van der Waals surface area contributed by atoms with E-state index in [1.807, 2.05) is 0 Å². The van der Waals surface area contributed by atoms with E-state index in [4.69, 9.17) is 0 Å². The fourth-order valence-electron chi connectivity index (χ4n) is 2.81. The number of rotatable bonds is 8. The molecule has 4 heteroatoms. The summed E-state index contributed by atoms with van der Waals surface area (Å²) in [6, 6.07) is 0.837. The maximum atomic E-state index is 12.0. The molecule has 0 bridgehead atoms. The summed E-state index contributed by atoms with van der Waals surface area (Å²) in [6.45, 7) is 12.4. The molecule has 0 aromatic carbocycles. The smallest absolute Gasteiger partial charge is 0.234 e. The van der Waals surface area contributed by atoms with Crippen LogP contribution in [0.15, 0.2) is 0 Å². The Morgan fingerprint density at radius 2 is 2.10 bits per heavy atom. The third-order valence-corrected chi connectivity index (χ3v) is 4.35. The van der Waals surface area contributed by atoms with Crippen LogP contribution >= 0.6 is 0 Å². The SMILES string of the molecule is CCCNC(C)C1CCCN(CC(=O)NC(C)CC)C1. The van der Waals surface area contributed by atoms with Gasteiger partial charge in [-0.3, -0.25) is 9.69 Å². The monoisotopic (exact) mass is 283 g/mol. The fraction of sp³-hybridized carbons (Fsp3) is 0.938. The van der Waals surface area contributed by atoms with Crippen molar-refractivity contribution in [2.24, 2.45) is 5.92 Å². The maximum Gasteiger partial charge on any atom is 0.234 e. The molecule has 0 spiro atoms. The molecule has 4 nitrogen and oxygen atoms in total. The molecule has 1 saturated heterocycles. The molecule has 1 fully saturated rings. The lowest BCUT2D eigenvalue weighted by molar-refractivity contribution is -0.123. The number of amides is 1. The lowest BCUT2D eigenvalue weighted by Crippen LogP contribution is -2.48. The number of piperidine rings is 1. The van der Waals surface area contributed by atoms with Crippen LogP contribution in [-0.2, 0) is 4.79 Å². The molecule has 118 valence electrons. The van der Waals surface area contributed by atoms with Crippen molar-refractivity contribution in [2.75, 3.05) is 26.2 Å². The Bertz CT molecular complexity index is 283. The second-order valence-electron chi connectivity index (χ2n) is 6.26. The van der Waals surface area contributed by atoms with Gasteiger partial charge in [-0.25, -0.2) is 0 Å². The van der Waals surface area contributed by atoms with Gasteiger partial charge < -0.3 is 10.6 Å². The predicted molar refractivity (Wildman–Crippen MR) is 84.8 cm³/mol. The Hall–Kier alpha value is -0.610. The average Bonchev–Trinajstić information content (AvgIpc) is 2.44. The predicted octanol–water partition coefficient (Wildman–Crippen LogP) is 2.00. The summed E-state index contributed by atoms with van der Waals surface area (Å²) in [5, 5.41) is 6.65. The number of hydrogen-bond acceptors (Lipinski definition) is 3. The number of nitrogens with zero attached hydrogens (tertiary/aromatic N) is 1. The largest absolute Gasteiger partial charge is 0.353 e. The first kappa shape index (κ1) is 17.4. The molecule has 3 unspecified atom stereocenters. The molecule has 1 aliphatic heterocycles. The lowest BCUT2D eigenvalue weighted by Gasteiger charge is -2.36. The summed E-state index contributed by atoms with van der Waals surface area (Å²) in [5.74, 6) is 0.848. The van der Waals surface area contributed by atoms with E-state index >= 15 is 0 Å². The number of hydrogen-bond donors (Lipinski definition) is 2. The van der Waals surface area contributed by atoms with Gasteiger partial charge in [0, 0.05) is 18.6 Å². The second-order valence-corrected chi connectivity index (χ2v) is 6.26. The number of carbonyl (C=O) groups is 1. The molecule has 0 aromatic rings. The van der Waals surface area contributed by atoms with Crippen LogP contribution in [0, 0.1) is 5.92 Å². The molecule has 1 aliphatic rings. The van der Waals surface area contributed by atoms with E-state index in [0.717, 1.165) is 26.1 Å². The van der Waals surface area contributed by atoms with Gasteiger partial charge in [0.1, 0.15) is 0 Å². The summed E-state index contributed by atoms with van der Waals surface area (Å²) in [7, 11) is 0. The van der Waals surface area contributed by atoms with Crippen LogP contribution in [0.5, 0.6) is 0 Å². The molecule has 0 aliphatic carbocycles. The Balaban J connectivity index is 2.34. The summed E-state index contributed by atoms with van der Waals surface area (Å²) in [6.07, 6.45) is 4.66. The Morgan fingerprint density at radius 3 is 2.75 bits per heavy atom. The lowest BCUT2D eigenvalue weighted by atomic mass is 9.91. The first-order valence-corrected chi connectivity index (χ1v) is 8.31. The summed E-state index contributed by atoms with van der Waals surface area (Å²) in [5.41, 5.74) is 0. The first-order chi connectivity index (χ1) is 9.56. The van der Waals surface area contributed by atoms with E-state index in [9.17, 15) is 4.79 Å². The standard InChI is InChI=1S/C16H33N3O/c1-5-9-17-14(4)15-8-7-10-19(11-15)12-16(20)18-13(3)6-2/h13-15,17H,5-12H2,1-4H3,(H,18,20). The number of carbonyl (C=O) groups excluding carboxylic acids is 1. The fourth-order valence-corrected chi connectivity index (χ4v) is 2.81. The van der Waals surface area contributed by atoms with Gasteiger partial charge >= 0.3 is 0 Å². The quantitative estimate of drug-likeness (QED) is 0.716. The van der Waals surface area contributed by atoms with Crippen LogP contribution < -0.4 is 10.6 Å². The van der Waals surface area contributed by atoms with E-state index in [0.29, 0.717) is 18.5 Å². The number of nitrogens with one attached hydrogen (secondary N) is 2. The van der Waals surface area contributed by atoms with Crippen LogP contribution in [0.3, 0.4) is 0 Å². The molecule has 20 heavy (non-hydrogen) atoms. The van der Waals surface area contributed by atoms with Crippen LogP contribution in [0.1, 0.15) is 53.4 Å². The molecule has 2 N–H and O–H groups in total. The minimum absolute atomic E-state index is 0.175. The normalized spacial score (nSPS) is 23.3. The van der Waals surface area contributed by atoms with Gasteiger partial charge in [-0.15, -0.1) is 0 Å². The molecule has 1 rings (SSSR count). The van der Waals surface area contributed by atoms with Crippen molar-refractivity contribution in [3.63, 3.8) is 0 Å². The highest BCUT2D eigenvalue weighted by Crippen LogP contribution is 2.19. The highest BCUT2D eigenvalue weighted by molar-refractivity contribution is 5.78. The summed E-state index contributed by atoms with van der Waals surface area (Å²) >= 11 is 0. The highest BCUT2D eigenvalue weighted by atomic mass is 16.2.